The van der Waals surface area contributed by atoms with Crippen molar-refractivity contribution in [2.75, 3.05) is 0 Å². The van der Waals surface area contributed by atoms with Crippen LogP contribution in [0.2, 0.25) is 0 Å². The Balaban J connectivity index is 3.22. The van der Waals surface area contributed by atoms with E-state index in [0.717, 1.165) is 6.29 Å². The lowest BCUT2D eigenvalue weighted by Crippen LogP contribution is -1.75. The molecule has 48 valence electrons. The third-order valence-electron chi connectivity index (χ3n) is 0.829. The molecule has 1 aromatic heterocycles. The fourth-order valence-corrected chi connectivity index (χ4v) is 1.43. The van der Waals surface area contributed by atoms with Crippen LogP contribution in [-0.2, 0) is 0 Å². The Labute approximate surface area is 68.1 Å². The van der Waals surface area contributed by atoms with Gasteiger partial charge in [0.05, 0.1) is 5.56 Å². The number of carbonyl (C=O) groups excluding carboxylic acids is 1. The van der Waals surface area contributed by atoms with E-state index in [9.17, 15) is 4.79 Å². The predicted molar refractivity (Wildman–Crippen MR) is 39.4 cm³/mol. The Hall–Kier alpha value is -0.160. The van der Waals surface area contributed by atoms with Crippen LogP contribution >= 0.6 is 31.9 Å². The van der Waals surface area contributed by atoms with Gasteiger partial charge in [-0.25, -0.2) is 0 Å². The van der Waals surface area contributed by atoms with Crippen molar-refractivity contribution in [1.29, 1.82) is 0 Å². The van der Waals surface area contributed by atoms with E-state index in [1.165, 1.54) is 0 Å². The molecule has 0 bridgehead atoms. The van der Waals surface area contributed by atoms with Gasteiger partial charge in [-0.2, -0.15) is 5.10 Å². The summed E-state index contributed by atoms with van der Waals surface area (Å²) in [5.41, 5.74) is 0.509. The fourth-order valence-electron chi connectivity index (χ4n) is 0.410. The van der Waals surface area contributed by atoms with Crippen molar-refractivity contribution < 1.29 is 4.79 Å². The zero-order chi connectivity index (χ0) is 6.85. The molecular formula is C4H2Br2N2O. The van der Waals surface area contributed by atoms with Gasteiger partial charge in [-0.15, -0.1) is 0 Å². The lowest BCUT2D eigenvalue weighted by Gasteiger charge is -1.79. The number of aromatic nitrogens is 2. The Bertz CT molecular complexity index is 213. The normalized spacial score (nSPS) is 9.56. The van der Waals surface area contributed by atoms with Crippen molar-refractivity contribution in [3.05, 3.63) is 14.8 Å². The van der Waals surface area contributed by atoms with Crippen molar-refractivity contribution in [1.82, 2.24) is 10.2 Å². The van der Waals surface area contributed by atoms with Crippen LogP contribution in [0.5, 0.6) is 0 Å². The molecule has 0 spiro atoms. The van der Waals surface area contributed by atoms with Crippen LogP contribution in [0, 0.1) is 0 Å². The molecule has 0 fully saturated rings. The average Bonchev–Trinajstić information content (AvgIpc) is 2.12. The molecule has 9 heavy (non-hydrogen) atoms. The van der Waals surface area contributed by atoms with E-state index in [0.29, 0.717) is 14.8 Å². The first-order chi connectivity index (χ1) is 4.25. The molecule has 5 heteroatoms. The third kappa shape index (κ3) is 1.21. The largest absolute Gasteiger partial charge is 0.298 e. The molecule has 0 saturated carbocycles. The summed E-state index contributed by atoms with van der Waals surface area (Å²) >= 11 is 6.17. The molecule has 0 aliphatic carbocycles. The summed E-state index contributed by atoms with van der Waals surface area (Å²) in [6, 6.07) is 0. The van der Waals surface area contributed by atoms with E-state index in [1.54, 1.807) is 0 Å². The zero-order valence-electron chi connectivity index (χ0n) is 4.19. The van der Waals surface area contributed by atoms with Crippen LogP contribution in [0.3, 0.4) is 0 Å². The smallest absolute Gasteiger partial charge is 0.155 e. The van der Waals surface area contributed by atoms with Crippen LogP contribution in [0.15, 0.2) is 9.21 Å². The number of carbonyl (C=O) groups is 1. The number of halogens is 2. The molecule has 1 aromatic rings. The minimum atomic E-state index is 0.509. The second kappa shape index (κ2) is 2.62. The molecule has 3 nitrogen and oxygen atoms in total. The van der Waals surface area contributed by atoms with E-state index >= 15 is 0 Å². The maximum atomic E-state index is 10.2. The van der Waals surface area contributed by atoms with Gasteiger partial charge in [-0.1, -0.05) is 0 Å². The molecule has 1 heterocycles. The van der Waals surface area contributed by atoms with E-state index in [2.05, 4.69) is 42.1 Å². The summed E-state index contributed by atoms with van der Waals surface area (Å²) in [5, 5.41) is 6.28. The number of aromatic amines is 1. The number of aldehydes is 1. The molecule has 0 radical (unpaired) electrons. The number of rotatable bonds is 1. The van der Waals surface area contributed by atoms with Gasteiger partial charge >= 0.3 is 0 Å². The zero-order valence-corrected chi connectivity index (χ0v) is 7.36. The van der Waals surface area contributed by atoms with E-state index < -0.39 is 0 Å². The van der Waals surface area contributed by atoms with Crippen molar-refractivity contribution >= 4 is 38.1 Å². The van der Waals surface area contributed by atoms with E-state index in [4.69, 9.17) is 0 Å². The second-order valence-corrected chi connectivity index (χ2v) is 2.90. The van der Waals surface area contributed by atoms with Crippen LogP contribution in [0.1, 0.15) is 10.4 Å². The summed E-state index contributed by atoms with van der Waals surface area (Å²) in [5.74, 6) is 0. The highest BCUT2D eigenvalue weighted by Gasteiger charge is 2.05. The maximum absolute atomic E-state index is 10.2. The topological polar surface area (TPSA) is 45.8 Å². The molecule has 1 rings (SSSR count). The molecule has 0 aliphatic heterocycles. The monoisotopic (exact) mass is 252 g/mol. The Morgan fingerprint density at radius 2 is 2.22 bits per heavy atom. The summed E-state index contributed by atoms with van der Waals surface area (Å²) < 4.78 is 1.13. The first kappa shape index (κ1) is 6.95. The highest BCUT2D eigenvalue weighted by atomic mass is 79.9. The minimum absolute atomic E-state index is 0.509. The molecule has 0 aliphatic rings. The maximum Gasteiger partial charge on any atom is 0.155 e. The number of nitrogens with one attached hydrogen (secondary N) is 1. The minimum Gasteiger partial charge on any atom is -0.298 e. The highest BCUT2D eigenvalue weighted by molar-refractivity contribution is 9.11. The molecule has 1 N–H and O–H groups in total. The van der Waals surface area contributed by atoms with Gasteiger partial charge in [-0.3, -0.25) is 9.89 Å². The van der Waals surface area contributed by atoms with Gasteiger partial charge in [0.25, 0.3) is 0 Å². The first-order valence-corrected chi connectivity index (χ1v) is 3.69. The summed E-state index contributed by atoms with van der Waals surface area (Å²) in [4.78, 5) is 10.2. The summed E-state index contributed by atoms with van der Waals surface area (Å²) in [6.45, 7) is 0. The Morgan fingerprint density at radius 1 is 1.56 bits per heavy atom. The Morgan fingerprint density at radius 3 is 2.44 bits per heavy atom. The van der Waals surface area contributed by atoms with E-state index in [-0.39, 0.29) is 0 Å². The van der Waals surface area contributed by atoms with Crippen LogP contribution in [0.4, 0.5) is 0 Å². The van der Waals surface area contributed by atoms with Crippen molar-refractivity contribution in [3.63, 3.8) is 0 Å². The number of nitrogens with zero attached hydrogens (tertiary/aromatic N) is 1. The van der Waals surface area contributed by atoms with Crippen molar-refractivity contribution in [2.24, 2.45) is 0 Å². The van der Waals surface area contributed by atoms with Crippen LogP contribution in [0.25, 0.3) is 0 Å². The molecule has 0 unspecified atom stereocenters. The van der Waals surface area contributed by atoms with Crippen LogP contribution < -0.4 is 0 Å². The van der Waals surface area contributed by atoms with Gasteiger partial charge in [-0.05, 0) is 31.9 Å². The van der Waals surface area contributed by atoms with Crippen LogP contribution in [-0.4, -0.2) is 16.5 Å². The van der Waals surface area contributed by atoms with Gasteiger partial charge < -0.3 is 0 Å². The quantitative estimate of drug-likeness (QED) is 0.776. The predicted octanol–water partition coefficient (Wildman–Crippen LogP) is 1.75. The van der Waals surface area contributed by atoms with Gasteiger partial charge in [0.15, 0.2) is 6.29 Å². The lowest BCUT2D eigenvalue weighted by molar-refractivity contribution is 0.112. The standard InChI is InChI=1S/C4H2Br2N2O/c5-3-2(1-9)4(6)8-7-3/h1H,(H,7,8). The highest BCUT2D eigenvalue weighted by Crippen LogP contribution is 2.18. The van der Waals surface area contributed by atoms with Crippen molar-refractivity contribution in [3.8, 4) is 0 Å². The molecule has 0 amide bonds. The summed E-state index contributed by atoms with van der Waals surface area (Å²) in [6.07, 6.45) is 0.720. The number of hydrogen-bond donors (Lipinski definition) is 1. The Kier molecular flexibility index (Phi) is 2.02. The lowest BCUT2D eigenvalue weighted by atomic mass is 10.4. The average molecular weight is 254 g/mol. The first-order valence-electron chi connectivity index (χ1n) is 2.10. The number of H-pyrrole nitrogens is 1. The SMILES string of the molecule is O=Cc1c(Br)n[nH]c1Br. The fraction of sp³-hybridized carbons (Fsp3) is 0. The summed E-state index contributed by atoms with van der Waals surface area (Å²) in [7, 11) is 0. The number of hydrogen-bond acceptors (Lipinski definition) is 2. The van der Waals surface area contributed by atoms with Gasteiger partial charge in [0.2, 0.25) is 0 Å². The molecule has 0 atom stereocenters. The van der Waals surface area contributed by atoms with Crippen molar-refractivity contribution in [2.45, 2.75) is 0 Å². The van der Waals surface area contributed by atoms with Gasteiger partial charge in [0, 0.05) is 0 Å². The molecular weight excluding hydrogens is 252 g/mol. The van der Waals surface area contributed by atoms with Gasteiger partial charge in [0.1, 0.15) is 9.21 Å². The second-order valence-electron chi connectivity index (χ2n) is 1.36. The molecule has 0 saturated heterocycles. The third-order valence-corrected chi connectivity index (χ3v) is 2.04. The molecule has 0 aromatic carbocycles. The van der Waals surface area contributed by atoms with E-state index in [1.807, 2.05) is 0 Å².